The molecule has 0 saturated carbocycles. The number of nitrogens with one attached hydrogen (secondary N) is 3. The molecule has 1 aliphatic heterocycles. The highest BCUT2D eigenvalue weighted by Gasteiger charge is 2.21. The maximum absolute atomic E-state index is 11.5. The number of nitrogens with zero attached hydrogens (tertiary/aromatic N) is 4. The van der Waals surface area contributed by atoms with Gasteiger partial charge in [-0.3, -0.25) is 14.7 Å². The van der Waals surface area contributed by atoms with Gasteiger partial charge in [-0.15, -0.1) is 0 Å². The third-order valence-electron chi connectivity index (χ3n) is 5.21. The predicted octanol–water partition coefficient (Wildman–Crippen LogP) is 0.807. The highest BCUT2D eigenvalue weighted by atomic mass is 16.1. The maximum Gasteiger partial charge on any atom is 0.233 e. The lowest BCUT2D eigenvalue weighted by Gasteiger charge is -2.32. The van der Waals surface area contributed by atoms with Crippen LogP contribution in [-0.2, 0) is 17.9 Å². The largest absolute Gasteiger partial charge is 0.358 e. The molecule has 1 saturated heterocycles. The monoisotopic (exact) mass is 397 g/mol. The number of likely N-dealkylation sites (tertiary alicyclic amines) is 1. The Labute approximate surface area is 172 Å². The van der Waals surface area contributed by atoms with Crippen molar-refractivity contribution in [3.8, 4) is 0 Å². The summed E-state index contributed by atoms with van der Waals surface area (Å²) in [6.45, 7) is 3.69. The van der Waals surface area contributed by atoms with E-state index in [1.165, 1.54) is 5.56 Å². The molecule has 0 aliphatic carbocycles. The molecule has 3 rings (SSSR count). The summed E-state index contributed by atoms with van der Waals surface area (Å²) in [5, 5.41) is 9.56. The van der Waals surface area contributed by atoms with Crippen LogP contribution >= 0.6 is 0 Å². The second-order valence-electron chi connectivity index (χ2n) is 7.25. The molecule has 1 aromatic carbocycles. The lowest BCUT2D eigenvalue weighted by Crippen LogP contribution is -2.49. The molecule has 3 N–H and O–H groups in total. The molecule has 29 heavy (non-hydrogen) atoms. The molecule has 1 amide bonds. The van der Waals surface area contributed by atoms with Crippen LogP contribution in [0.1, 0.15) is 24.2 Å². The molecule has 1 aromatic heterocycles. The Kier molecular flexibility index (Phi) is 7.63. The first-order valence-corrected chi connectivity index (χ1v) is 10.1. The molecule has 156 valence electrons. The van der Waals surface area contributed by atoms with Crippen molar-refractivity contribution in [3.63, 3.8) is 0 Å². The van der Waals surface area contributed by atoms with Gasteiger partial charge in [-0.2, -0.15) is 0 Å². The smallest absolute Gasteiger partial charge is 0.233 e. The van der Waals surface area contributed by atoms with E-state index in [9.17, 15) is 4.79 Å². The van der Waals surface area contributed by atoms with Crippen LogP contribution < -0.4 is 16.0 Å². The summed E-state index contributed by atoms with van der Waals surface area (Å²) in [5.74, 6) is 1.82. The molecular formula is C21H31N7O. The van der Waals surface area contributed by atoms with E-state index in [2.05, 4.69) is 59.7 Å². The number of carbonyl (C=O) groups excluding carboxylic acids is 1. The minimum absolute atomic E-state index is 0.0693. The van der Waals surface area contributed by atoms with Crippen molar-refractivity contribution in [2.24, 2.45) is 4.99 Å². The van der Waals surface area contributed by atoms with Crippen LogP contribution in [0, 0.1) is 0 Å². The van der Waals surface area contributed by atoms with Gasteiger partial charge in [0.2, 0.25) is 5.91 Å². The third kappa shape index (κ3) is 6.32. The van der Waals surface area contributed by atoms with E-state index in [1.54, 1.807) is 14.1 Å². The zero-order valence-corrected chi connectivity index (χ0v) is 17.3. The summed E-state index contributed by atoms with van der Waals surface area (Å²) in [4.78, 5) is 22.5. The van der Waals surface area contributed by atoms with E-state index in [0.29, 0.717) is 19.1 Å². The molecule has 1 fully saturated rings. The summed E-state index contributed by atoms with van der Waals surface area (Å²) >= 11 is 0. The van der Waals surface area contributed by atoms with E-state index < -0.39 is 0 Å². The van der Waals surface area contributed by atoms with E-state index in [0.717, 1.165) is 44.3 Å². The van der Waals surface area contributed by atoms with Crippen molar-refractivity contribution in [3.05, 3.63) is 54.1 Å². The number of likely N-dealkylation sites (N-methyl/N-ethyl adjacent to an activating group) is 1. The fourth-order valence-corrected chi connectivity index (χ4v) is 3.50. The Morgan fingerprint density at radius 1 is 1.24 bits per heavy atom. The normalized spacial score (nSPS) is 15.9. The van der Waals surface area contributed by atoms with E-state index in [1.807, 2.05) is 18.5 Å². The van der Waals surface area contributed by atoms with Gasteiger partial charge in [-0.25, -0.2) is 4.98 Å². The summed E-state index contributed by atoms with van der Waals surface area (Å²) < 4.78 is 2.15. The summed E-state index contributed by atoms with van der Waals surface area (Å²) in [7, 11) is 3.46. The topological polar surface area (TPSA) is 86.6 Å². The molecule has 8 heteroatoms. The lowest BCUT2D eigenvalue weighted by molar-refractivity contribution is -0.122. The van der Waals surface area contributed by atoms with Gasteiger partial charge in [-0.1, -0.05) is 30.3 Å². The molecule has 0 radical (unpaired) electrons. The SMILES string of the molecule is CN=C(NCc1nccn1Cc1ccccc1)NC1CCN(CC(=O)NC)CC1. The molecule has 0 atom stereocenters. The average molecular weight is 398 g/mol. The van der Waals surface area contributed by atoms with Gasteiger partial charge in [0.15, 0.2) is 5.96 Å². The molecule has 2 aromatic rings. The first kappa shape index (κ1) is 20.9. The van der Waals surface area contributed by atoms with Gasteiger partial charge in [-0.05, 0) is 18.4 Å². The number of carbonyl (C=O) groups is 1. The van der Waals surface area contributed by atoms with Crippen LogP contribution in [0.5, 0.6) is 0 Å². The number of benzene rings is 1. The van der Waals surface area contributed by atoms with Crippen LogP contribution in [0.3, 0.4) is 0 Å². The second kappa shape index (κ2) is 10.6. The summed E-state index contributed by atoms with van der Waals surface area (Å²) in [6, 6.07) is 10.7. The average Bonchev–Trinajstić information content (AvgIpc) is 3.19. The number of aliphatic imine (C=N–C) groups is 1. The molecule has 8 nitrogen and oxygen atoms in total. The van der Waals surface area contributed by atoms with Gasteiger partial charge in [0.1, 0.15) is 5.82 Å². The van der Waals surface area contributed by atoms with Crippen molar-refractivity contribution < 1.29 is 4.79 Å². The van der Waals surface area contributed by atoms with Crippen molar-refractivity contribution in [1.29, 1.82) is 0 Å². The van der Waals surface area contributed by atoms with E-state index in [4.69, 9.17) is 0 Å². The third-order valence-corrected chi connectivity index (χ3v) is 5.21. The highest BCUT2D eigenvalue weighted by molar-refractivity contribution is 5.80. The fraction of sp³-hybridized carbons (Fsp3) is 0.476. The van der Waals surface area contributed by atoms with Crippen LogP contribution in [0.2, 0.25) is 0 Å². The zero-order valence-electron chi connectivity index (χ0n) is 17.3. The molecule has 2 heterocycles. The van der Waals surface area contributed by atoms with Crippen molar-refractivity contribution >= 4 is 11.9 Å². The maximum atomic E-state index is 11.5. The van der Waals surface area contributed by atoms with Gasteiger partial charge in [0.05, 0.1) is 13.1 Å². The Morgan fingerprint density at radius 2 is 2.00 bits per heavy atom. The molecular weight excluding hydrogens is 366 g/mol. The Bertz CT molecular complexity index is 794. The van der Waals surface area contributed by atoms with Crippen molar-refractivity contribution in [2.45, 2.75) is 32.0 Å². The van der Waals surface area contributed by atoms with Gasteiger partial charge < -0.3 is 20.5 Å². The van der Waals surface area contributed by atoms with Gasteiger partial charge in [0, 0.05) is 52.2 Å². The van der Waals surface area contributed by atoms with Gasteiger partial charge in [0.25, 0.3) is 0 Å². The predicted molar refractivity (Wildman–Crippen MR) is 115 cm³/mol. The molecule has 0 unspecified atom stereocenters. The molecule has 0 bridgehead atoms. The number of amides is 1. The van der Waals surface area contributed by atoms with Crippen molar-refractivity contribution in [1.82, 2.24) is 30.4 Å². The standard InChI is InChI=1S/C21H31N7O/c1-22-20(29)16-27-11-8-18(9-12-27)26-21(23-2)25-14-19-24-10-13-28(19)15-17-6-4-3-5-7-17/h3-7,10,13,18H,8-9,11-12,14-16H2,1-2H3,(H,22,29)(H2,23,25,26). The minimum Gasteiger partial charge on any atom is -0.358 e. The minimum atomic E-state index is 0.0693. The summed E-state index contributed by atoms with van der Waals surface area (Å²) in [5.41, 5.74) is 1.25. The number of guanidine groups is 1. The second-order valence-corrected chi connectivity index (χ2v) is 7.25. The number of hydrogen-bond donors (Lipinski definition) is 3. The van der Waals surface area contributed by atoms with Crippen LogP contribution in [0.25, 0.3) is 0 Å². The quantitative estimate of drug-likeness (QED) is 0.475. The van der Waals surface area contributed by atoms with E-state index in [-0.39, 0.29) is 5.91 Å². The van der Waals surface area contributed by atoms with Gasteiger partial charge >= 0.3 is 0 Å². The zero-order chi connectivity index (χ0) is 20.5. The number of hydrogen-bond acceptors (Lipinski definition) is 4. The first-order chi connectivity index (χ1) is 14.2. The number of imidazole rings is 1. The van der Waals surface area contributed by atoms with Crippen LogP contribution in [0.4, 0.5) is 0 Å². The molecule has 0 spiro atoms. The Balaban J connectivity index is 1.46. The fourth-order valence-electron chi connectivity index (χ4n) is 3.50. The summed E-state index contributed by atoms with van der Waals surface area (Å²) in [6.07, 6.45) is 5.81. The van der Waals surface area contributed by atoms with Crippen LogP contribution in [-0.4, -0.2) is 66.1 Å². The Hall–Kier alpha value is -2.87. The number of rotatable bonds is 7. The first-order valence-electron chi connectivity index (χ1n) is 10.1. The van der Waals surface area contributed by atoms with Crippen molar-refractivity contribution in [2.75, 3.05) is 33.7 Å². The van der Waals surface area contributed by atoms with E-state index >= 15 is 0 Å². The Morgan fingerprint density at radius 3 is 2.69 bits per heavy atom. The number of piperidine rings is 1. The molecule has 1 aliphatic rings. The highest BCUT2D eigenvalue weighted by Crippen LogP contribution is 2.10. The lowest BCUT2D eigenvalue weighted by atomic mass is 10.1. The van der Waals surface area contributed by atoms with Crippen LogP contribution in [0.15, 0.2) is 47.7 Å². The number of aromatic nitrogens is 2.